The molecule has 2 atom stereocenters. The smallest absolute Gasteiger partial charge is 0.251 e. The molecule has 0 fully saturated rings. The molecule has 55 heavy (non-hydrogen) atoms. The van der Waals surface area contributed by atoms with E-state index < -0.39 is 0 Å². The van der Waals surface area contributed by atoms with E-state index in [1.54, 1.807) is 0 Å². The Morgan fingerprint density at radius 2 is 1.16 bits per heavy atom. The predicted molar refractivity (Wildman–Crippen MR) is 233 cm³/mol. The maximum Gasteiger partial charge on any atom is 0.251 e. The predicted octanol–water partition coefficient (Wildman–Crippen LogP) is 11.4. The highest BCUT2D eigenvalue weighted by molar-refractivity contribution is 6.96. The van der Waals surface area contributed by atoms with Crippen molar-refractivity contribution in [1.82, 2.24) is 8.97 Å². The number of aromatic nitrogens is 2. The van der Waals surface area contributed by atoms with E-state index >= 15 is 0 Å². The number of nitrogens with zero attached hydrogens (tertiary/aromatic N) is 3. The third-order valence-electron chi connectivity index (χ3n) is 13.4. The first-order valence-corrected chi connectivity index (χ1v) is 20.0. The van der Waals surface area contributed by atoms with E-state index in [0.29, 0.717) is 0 Å². The topological polar surface area (TPSA) is 12.6 Å². The summed E-state index contributed by atoms with van der Waals surface area (Å²) in [6, 6.07) is 46.7. The average Bonchev–Trinajstić information content (AvgIpc) is 3.67. The molecule has 2 unspecified atom stereocenters. The van der Waals surface area contributed by atoms with Crippen molar-refractivity contribution in [1.29, 1.82) is 0 Å². The molecule has 0 radical (unpaired) electrons. The van der Waals surface area contributed by atoms with Gasteiger partial charge in [-0.15, -0.1) is 0 Å². The van der Waals surface area contributed by atoms with Crippen molar-refractivity contribution in [2.75, 3.05) is 4.90 Å². The Labute approximate surface area is 324 Å². The Bertz CT molecular complexity index is 2970. The van der Waals surface area contributed by atoms with Gasteiger partial charge in [-0.2, -0.15) is 0 Å². The summed E-state index contributed by atoms with van der Waals surface area (Å²) in [5.41, 5.74) is 25.6. The second-order valence-corrected chi connectivity index (χ2v) is 17.6. The van der Waals surface area contributed by atoms with Crippen molar-refractivity contribution in [2.24, 2.45) is 0 Å². The van der Waals surface area contributed by atoms with Gasteiger partial charge in [0.05, 0.1) is 16.6 Å². The van der Waals surface area contributed by atoms with Gasteiger partial charge in [-0.3, -0.25) is 8.97 Å². The van der Waals surface area contributed by atoms with Gasteiger partial charge in [0, 0.05) is 34.6 Å². The molecule has 0 spiro atoms. The largest absolute Gasteiger partial charge is 0.315 e. The van der Waals surface area contributed by atoms with Crippen LogP contribution in [0, 0.1) is 27.7 Å². The number of allylic oxidation sites excluding steroid dienone is 2. The van der Waals surface area contributed by atoms with Crippen LogP contribution in [0.1, 0.15) is 84.0 Å². The second kappa shape index (κ2) is 11.2. The average molecular weight is 712 g/mol. The van der Waals surface area contributed by atoms with E-state index in [1.807, 2.05) is 0 Å². The SMILES string of the molecule is Cc1cc2c3c4n(c5cc(C)c(C)cc5n4c2cc1C)-c1cc(C(C)(C)C)cc2c1B3C1=C(C(C)c3ccccc3C1c1ccccc1)N2c1ccccc1. The number of fused-ring (bicyclic) bond motifs is 10. The quantitative estimate of drug-likeness (QED) is 0.163. The first-order valence-electron chi connectivity index (χ1n) is 20.0. The molecule has 0 saturated carbocycles. The van der Waals surface area contributed by atoms with Crippen LogP contribution in [0.4, 0.5) is 11.4 Å². The molecule has 1 aliphatic carbocycles. The van der Waals surface area contributed by atoms with E-state index in [1.165, 1.54) is 111 Å². The van der Waals surface area contributed by atoms with Crippen molar-refractivity contribution >= 4 is 56.6 Å². The summed E-state index contributed by atoms with van der Waals surface area (Å²) in [5, 5.41) is 1.37. The molecule has 6 aromatic carbocycles. The fourth-order valence-electron chi connectivity index (χ4n) is 10.5. The van der Waals surface area contributed by atoms with Gasteiger partial charge in [-0.1, -0.05) is 112 Å². The zero-order chi connectivity index (χ0) is 37.7. The van der Waals surface area contributed by atoms with Crippen molar-refractivity contribution < 1.29 is 0 Å². The van der Waals surface area contributed by atoms with E-state index in [-0.39, 0.29) is 24.0 Å². The van der Waals surface area contributed by atoms with Gasteiger partial charge >= 0.3 is 0 Å². The monoisotopic (exact) mass is 711 g/mol. The number of aryl methyl sites for hydroxylation is 4. The van der Waals surface area contributed by atoms with Crippen LogP contribution in [-0.2, 0) is 5.41 Å². The number of rotatable bonds is 2. The van der Waals surface area contributed by atoms with Crippen LogP contribution < -0.4 is 15.8 Å². The zero-order valence-corrected chi connectivity index (χ0v) is 33.1. The summed E-state index contributed by atoms with van der Waals surface area (Å²) >= 11 is 0. The van der Waals surface area contributed by atoms with Crippen LogP contribution in [0.3, 0.4) is 0 Å². The molecule has 4 heterocycles. The Kier molecular flexibility index (Phi) is 6.63. The number of hydrogen-bond acceptors (Lipinski definition) is 1. The minimum Gasteiger partial charge on any atom is -0.315 e. The Morgan fingerprint density at radius 1 is 0.582 bits per heavy atom. The summed E-state index contributed by atoms with van der Waals surface area (Å²) in [7, 11) is 0. The van der Waals surface area contributed by atoms with Crippen molar-refractivity contribution in [2.45, 2.75) is 72.6 Å². The van der Waals surface area contributed by atoms with Crippen LogP contribution in [0.2, 0.25) is 0 Å². The Morgan fingerprint density at radius 3 is 1.85 bits per heavy atom. The Balaban J connectivity index is 1.41. The summed E-state index contributed by atoms with van der Waals surface area (Å²) in [6.07, 6.45) is 0. The highest BCUT2D eigenvalue weighted by atomic mass is 15.2. The Hall–Kier alpha value is -5.74. The lowest BCUT2D eigenvalue weighted by atomic mass is 9.30. The van der Waals surface area contributed by atoms with E-state index in [2.05, 4.69) is 191 Å². The number of imidazole rings is 1. The van der Waals surface area contributed by atoms with E-state index in [9.17, 15) is 0 Å². The molecule has 0 saturated heterocycles. The molecule has 4 heteroatoms. The van der Waals surface area contributed by atoms with Crippen molar-refractivity contribution in [3.05, 3.63) is 177 Å². The number of hydrogen-bond donors (Lipinski definition) is 0. The standard InChI is InChI=1S/C51H46BN3/c1-29-23-39-40(24-30(29)2)54-41-25-31(3)32(4)26-42(41)55-44-28-35(51(6,7)8)27-43-47(44)52(46(39)50(54)55)48-45(34-17-11-9-12-18-34)38-22-16-15-21-37(38)33(5)49(48)53(43)36-19-13-10-14-20-36/h9-28,33,45H,1-8H3. The lowest BCUT2D eigenvalue weighted by molar-refractivity contribution is 0.590. The van der Waals surface area contributed by atoms with Gasteiger partial charge in [-0.25, -0.2) is 0 Å². The lowest BCUT2D eigenvalue weighted by Crippen LogP contribution is -2.57. The summed E-state index contributed by atoms with van der Waals surface area (Å²) in [4.78, 5) is 2.67. The van der Waals surface area contributed by atoms with E-state index in [0.717, 1.165) is 0 Å². The summed E-state index contributed by atoms with van der Waals surface area (Å²) in [6.45, 7) is 18.7. The summed E-state index contributed by atoms with van der Waals surface area (Å²) in [5.74, 6) is 0.257. The van der Waals surface area contributed by atoms with Gasteiger partial charge < -0.3 is 4.90 Å². The molecule has 268 valence electrons. The van der Waals surface area contributed by atoms with Crippen molar-refractivity contribution in [3.63, 3.8) is 0 Å². The lowest BCUT2D eigenvalue weighted by Gasteiger charge is -2.48. The van der Waals surface area contributed by atoms with Gasteiger partial charge in [0.2, 0.25) is 0 Å². The van der Waals surface area contributed by atoms with Gasteiger partial charge in [-0.05, 0) is 136 Å². The minimum absolute atomic E-state index is 0.0450. The number of para-hydroxylation sites is 1. The van der Waals surface area contributed by atoms with E-state index in [4.69, 9.17) is 0 Å². The van der Waals surface area contributed by atoms with Crippen LogP contribution in [0.5, 0.6) is 0 Å². The molecule has 2 aliphatic heterocycles. The maximum absolute atomic E-state index is 2.67. The highest BCUT2D eigenvalue weighted by Crippen LogP contribution is 2.54. The maximum atomic E-state index is 2.67. The molecular weight excluding hydrogens is 665 g/mol. The third-order valence-corrected chi connectivity index (χ3v) is 13.4. The fraction of sp³-hybridized carbons (Fsp3) is 0.216. The molecule has 3 nitrogen and oxygen atoms in total. The molecule has 0 amide bonds. The van der Waals surface area contributed by atoms with Crippen LogP contribution in [0.15, 0.2) is 132 Å². The molecule has 11 rings (SSSR count). The summed E-state index contributed by atoms with van der Waals surface area (Å²) < 4.78 is 5.27. The van der Waals surface area contributed by atoms with Gasteiger partial charge in [0.1, 0.15) is 5.65 Å². The third kappa shape index (κ3) is 4.29. The molecule has 0 N–H and O–H groups in total. The molecule has 2 aromatic heterocycles. The normalized spacial score (nSPS) is 17.3. The van der Waals surface area contributed by atoms with Crippen LogP contribution in [0.25, 0.3) is 33.3 Å². The van der Waals surface area contributed by atoms with Gasteiger partial charge in [0.25, 0.3) is 6.71 Å². The highest BCUT2D eigenvalue weighted by Gasteiger charge is 2.51. The zero-order valence-electron chi connectivity index (χ0n) is 33.1. The number of anilines is 2. The molecular formula is C51H46BN3. The minimum atomic E-state index is -0.0671. The molecule has 3 aliphatic rings. The van der Waals surface area contributed by atoms with Crippen molar-refractivity contribution in [3.8, 4) is 5.69 Å². The van der Waals surface area contributed by atoms with Crippen LogP contribution in [-0.4, -0.2) is 15.7 Å². The molecule has 0 bridgehead atoms. The molecule has 8 aromatic rings. The second-order valence-electron chi connectivity index (χ2n) is 17.6. The first kappa shape index (κ1) is 32.7. The number of benzene rings is 6. The fourth-order valence-corrected chi connectivity index (χ4v) is 10.5. The van der Waals surface area contributed by atoms with Crippen LogP contribution >= 0.6 is 0 Å². The van der Waals surface area contributed by atoms with Gasteiger partial charge in [0.15, 0.2) is 0 Å². The first-order chi connectivity index (χ1) is 26.5.